The lowest BCUT2D eigenvalue weighted by atomic mass is 10.1. The van der Waals surface area contributed by atoms with E-state index in [0.29, 0.717) is 6.42 Å². The molecule has 0 atom stereocenters. The molecule has 25 heavy (non-hydrogen) atoms. The van der Waals surface area contributed by atoms with E-state index in [1.165, 1.54) is 16.2 Å². The van der Waals surface area contributed by atoms with Crippen LogP contribution in [0.5, 0.6) is 0 Å². The van der Waals surface area contributed by atoms with Crippen molar-refractivity contribution in [3.63, 3.8) is 0 Å². The average Bonchev–Trinajstić information content (AvgIpc) is 3.05. The Hall–Kier alpha value is -3.07. The van der Waals surface area contributed by atoms with Crippen molar-refractivity contribution in [1.82, 2.24) is 4.98 Å². The summed E-state index contributed by atoms with van der Waals surface area (Å²) in [6, 6.07) is 26.8. The van der Waals surface area contributed by atoms with Gasteiger partial charge in [0.15, 0.2) is 0 Å². The minimum absolute atomic E-state index is 0.232. The predicted octanol–water partition coefficient (Wildman–Crippen LogP) is 5.42. The minimum atomic E-state index is -0.730. The molecule has 1 aromatic heterocycles. The number of aromatic nitrogens is 1. The summed E-state index contributed by atoms with van der Waals surface area (Å²) >= 11 is 0. The maximum Gasteiger partial charge on any atom is 0.303 e. The number of carboxylic acid groups (broad SMARTS) is 1. The standard InChI is InChI=1S/C12H13NO2.C10H8/c14-12(15)7-3-5-10-8-9-4-1-2-6-11(9)13-10;1-2-6-10-8-4-3-7-9(10)5-1/h1-2,4,6,8,13H,3,5,7H2,(H,14,15);1-8H. The van der Waals surface area contributed by atoms with Crippen LogP contribution in [-0.4, -0.2) is 16.1 Å². The molecule has 4 aromatic rings. The third-order valence-corrected chi connectivity index (χ3v) is 4.08. The molecule has 3 nitrogen and oxygen atoms in total. The van der Waals surface area contributed by atoms with Crippen LogP contribution in [0.4, 0.5) is 0 Å². The fourth-order valence-corrected chi connectivity index (χ4v) is 2.83. The van der Waals surface area contributed by atoms with Crippen molar-refractivity contribution in [1.29, 1.82) is 0 Å². The number of hydrogen-bond donors (Lipinski definition) is 2. The molecule has 0 saturated heterocycles. The Morgan fingerprint density at radius 1 is 0.800 bits per heavy atom. The third-order valence-electron chi connectivity index (χ3n) is 4.08. The van der Waals surface area contributed by atoms with E-state index in [1.54, 1.807) is 0 Å². The number of aryl methyl sites for hydroxylation is 1. The van der Waals surface area contributed by atoms with Crippen LogP contribution in [0.3, 0.4) is 0 Å². The SMILES string of the molecule is O=C(O)CCCc1cc2ccccc2[nH]1.c1ccc2ccccc2c1. The van der Waals surface area contributed by atoms with Crippen LogP contribution in [0, 0.1) is 0 Å². The highest BCUT2D eigenvalue weighted by atomic mass is 16.4. The lowest BCUT2D eigenvalue weighted by molar-refractivity contribution is -0.137. The van der Waals surface area contributed by atoms with E-state index in [9.17, 15) is 4.79 Å². The Bertz CT molecular complexity index is 873. The van der Waals surface area contributed by atoms with Gasteiger partial charge in [0.2, 0.25) is 0 Å². The molecule has 3 aromatic carbocycles. The van der Waals surface area contributed by atoms with Crippen molar-refractivity contribution in [3.8, 4) is 0 Å². The predicted molar refractivity (Wildman–Crippen MR) is 103 cm³/mol. The second-order valence-corrected chi connectivity index (χ2v) is 5.98. The summed E-state index contributed by atoms with van der Waals surface area (Å²) in [4.78, 5) is 13.6. The maximum absolute atomic E-state index is 10.4. The fraction of sp³-hybridized carbons (Fsp3) is 0.136. The van der Waals surface area contributed by atoms with Crippen molar-refractivity contribution in [2.24, 2.45) is 0 Å². The number of nitrogens with one attached hydrogen (secondary N) is 1. The first-order valence-corrected chi connectivity index (χ1v) is 8.44. The summed E-state index contributed by atoms with van der Waals surface area (Å²) in [6.07, 6.45) is 1.71. The molecule has 1 heterocycles. The van der Waals surface area contributed by atoms with Gasteiger partial charge in [-0.1, -0.05) is 66.7 Å². The topological polar surface area (TPSA) is 53.1 Å². The van der Waals surface area contributed by atoms with Gasteiger partial charge in [0, 0.05) is 17.6 Å². The molecule has 0 spiro atoms. The Balaban J connectivity index is 0.000000157. The molecule has 0 amide bonds. The molecular formula is C22H21NO2. The summed E-state index contributed by atoms with van der Waals surface area (Å²) in [7, 11) is 0. The molecule has 4 rings (SSSR count). The summed E-state index contributed by atoms with van der Waals surface area (Å²) in [5, 5.41) is 12.3. The maximum atomic E-state index is 10.4. The van der Waals surface area contributed by atoms with Crippen LogP contribution in [0.15, 0.2) is 78.9 Å². The summed E-state index contributed by atoms with van der Waals surface area (Å²) in [6.45, 7) is 0. The van der Waals surface area contributed by atoms with E-state index >= 15 is 0 Å². The normalized spacial score (nSPS) is 10.4. The van der Waals surface area contributed by atoms with Crippen LogP contribution < -0.4 is 0 Å². The number of fused-ring (bicyclic) bond motifs is 2. The van der Waals surface area contributed by atoms with E-state index < -0.39 is 5.97 Å². The fourth-order valence-electron chi connectivity index (χ4n) is 2.83. The average molecular weight is 331 g/mol. The second-order valence-electron chi connectivity index (χ2n) is 5.98. The Kier molecular flexibility index (Phi) is 5.47. The number of rotatable bonds is 4. The molecule has 0 aliphatic rings. The quantitative estimate of drug-likeness (QED) is 0.525. The summed E-state index contributed by atoms with van der Waals surface area (Å²) < 4.78 is 0. The third kappa shape index (κ3) is 4.70. The van der Waals surface area contributed by atoms with Gasteiger partial charge >= 0.3 is 5.97 Å². The number of H-pyrrole nitrogens is 1. The molecule has 0 saturated carbocycles. The van der Waals surface area contributed by atoms with E-state index in [4.69, 9.17) is 5.11 Å². The van der Waals surface area contributed by atoms with Gasteiger partial charge in [-0.3, -0.25) is 4.79 Å². The monoisotopic (exact) mass is 331 g/mol. The van der Waals surface area contributed by atoms with Gasteiger partial charge in [-0.2, -0.15) is 0 Å². The number of aromatic amines is 1. The Morgan fingerprint density at radius 2 is 1.32 bits per heavy atom. The minimum Gasteiger partial charge on any atom is -0.481 e. The Morgan fingerprint density at radius 3 is 1.84 bits per heavy atom. The van der Waals surface area contributed by atoms with Gasteiger partial charge in [0.05, 0.1) is 0 Å². The number of benzene rings is 3. The summed E-state index contributed by atoms with van der Waals surface area (Å²) in [5.41, 5.74) is 2.22. The molecule has 0 fully saturated rings. The highest BCUT2D eigenvalue weighted by Crippen LogP contribution is 2.16. The van der Waals surface area contributed by atoms with Gasteiger partial charge in [0.1, 0.15) is 0 Å². The van der Waals surface area contributed by atoms with Crippen molar-refractivity contribution >= 4 is 27.6 Å². The Labute approximate surface area is 146 Å². The van der Waals surface area contributed by atoms with Crippen LogP contribution in [0.1, 0.15) is 18.5 Å². The van der Waals surface area contributed by atoms with Crippen LogP contribution in [0.25, 0.3) is 21.7 Å². The molecule has 126 valence electrons. The highest BCUT2D eigenvalue weighted by Gasteiger charge is 2.01. The highest BCUT2D eigenvalue weighted by molar-refractivity contribution is 5.82. The number of aliphatic carboxylic acids is 1. The van der Waals surface area contributed by atoms with Crippen LogP contribution in [-0.2, 0) is 11.2 Å². The van der Waals surface area contributed by atoms with E-state index in [2.05, 4.69) is 59.6 Å². The van der Waals surface area contributed by atoms with Gasteiger partial charge in [0.25, 0.3) is 0 Å². The molecule has 0 aliphatic carbocycles. The lowest BCUT2D eigenvalue weighted by Gasteiger charge is -1.94. The van der Waals surface area contributed by atoms with Gasteiger partial charge in [-0.25, -0.2) is 0 Å². The van der Waals surface area contributed by atoms with Crippen molar-refractivity contribution < 1.29 is 9.90 Å². The zero-order valence-corrected chi connectivity index (χ0v) is 14.0. The molecule has 0 aliphatic heterocycles. The van der Waals surface area contributed by atoms with Gasteiger partial charge in [-0.05, 0) is 41.1 Å². The van der Waals surface area contributed by atoms with Crippen molar-refractivity contribution in [2.45, 2.75) is 19.3 Å². The van der Waals surface area contributed by atoms with Gasteiger partial charge < -0.3 is 10.1 Å². The first kappa shape index (κ1) is 16.8. The van der Waals surface area contributed by atoms with Crippen molar-refractivity contribution in [3.05, 3.63) is 84.6 Å². The van der Waals surface area contributed by atoms with E-state index in [0.717, 1.165) is 17.6 Å². The zero-order chi connectivity index (χ0) is 17.5. The molecule has 0 radical (unpaired) electrons. The number of carbonyl (C=O) groups is 1. The molecule has 0 unspecified atom stereocenters. The molecule has 0 bridgehead atoms. The van der Waals surface area contributed by atoms with E-state index in [-0.39, 0.29) is 6.42 Å². The zero-order valence-electron chi connectivity index (χ0n) is 14.0. The lowest BCUT2D eigenvalue weighted by Crippen LogP contribution is -1.95. The van der Waals surface area contributed by atoms with Crippen LogP contribution >= 0.6 is 0 Å². The van der Waals surface area contributed by atoms with Gasteiger partial charge in [-0.15, -0.1) is 0 Å². The number of hydrogen-bond acceptors (Lipinski definition) is 1. The molecular weight excluding hydrogens is 310 g/mol. The molecule has 2 N–H and O–H groups in total. The largest absolute Gasteiger partial charge is 0.481 e. The first-order valence-electron chi connectivity index (χ1n) is 8.44. The summed E-state index contributed by atoms with van der Waals surface area (Å²) in [5.74, 6) is -0.730. The van der Waals surface area contributed by atoms with Crippen LogP contribution in [0.2, 0.25) is 0 Å². The first-order chi connectivity index (χ1) is 12.2. The van der Waals surface area contributed by atoms with E-state index in [1.807, 2.05) is 24.3 Å². The smallest absolute Gasteiger partial charge is 0.303 e. The number of para-hydroxylation sites is 1. The van der Waals surface area contributed by atoms with Crippen molar-refractivity contribution in [2.75, 3.05) is 0 Å². The second kappa shape index (κ2) is 8.15. The number of carboxylic acids is 1. The molecule has 3 heteroatoms.